The number of carbonyl (C=O) groups is 3. The van der Waals surface area contributed by atoms with E-state index >= 15 is 0 Å². The number of fused-ring (bicyclic) bond motifs is 1. The quantitative estimate of drug-likeness (QED) is 0.199. The summed E-state index contributed by atoms with van der Waals surface area (Å²) in [5.41, 5.74) is -1.26. The number of alkyl carbamates (subject to hydrolysis) is 1. The normalized spacial score (nSPS) is 16.2. The number of nitrogens with one attached hydrogen (secondary N) is 1. The lowest BCUT2D eigenvalue weighted by atomic mass is 10.0. The number of thioether (sulfide) groups is 1. The molecule has 2 heterocycles. The number of nitrogens with zero attached hydrogens (tertiary/aromatic N) is 2. The van der Waals surface area contributed by atoms with Gasteiger partial charge >= 0.3 is 18.4 Å². The highest BCUT2D eigenvalue weighted by atomic mass is 32.2. The van der Waals surface area contributed by atoms with E-state index in [4.69, 9.17) is 4.74 Å². The number of carbonyl (C=O) groups excluding carboxylic acids is 3. The predicted molar refractivity (Wildman–Crippen MR) is 140 cm³/mol. The van der Waals surface area contributed by atoms with Gasteiger partial charge in [-0.1, -0.05) is 12.1 Å². The van der Waals surface area contributed by atoms with Crippen molar-refractivity contribution in [2.24, 2.45) is 0 Å². The molecule has 0 bridgehead atoms. The number of aromatic nitrogens is 1. The van der Waals surface area contributed by atoms with Gasteiger partial charge in [-0.15, -0.1) is 11.8 Å². The SMILES string of the molecule is CC(C)(C)OC(=O)N[C@H]1CSc2ccc(C(=O)CCCCC(F)(F)F)cc2N(Cc2ccc(C(F)(F)F)nc2)C1=O. The second kappa shape index (κ2) is 12.7. The molecule has 1 aliphatic rings. The van der Waals surface area contributed by atoms with Crippen LogP contribution in [0, 0.1) is 0 Å². The number of halogens is 6. The van der Waals surface area contributed by atoms with E-state index in [9.17, 15) is 40.7 Å². The summed E-state index contributed by atoms with van der Waals surface area (Å²) in [6, 6.07) is 5.40. The molecule has 3 rings (SSSR count). The Kier molecular flexibility index (Phi) is 9.98. The molecule has 1 N–H and O–H groups in total. The molecule has 14 heteroatoms. The van der Waals surface area contributed by atoms with Gasteiger partial charge in [-0.2, -0.15) is 26.3 Å². The lowest BCUT2D eigenvalue weighted by Crippen LogP contribution is -2.50. The monoisotopic (exact) mass is 605 g/mol. The van der Waals surface area contributed by atoms with Gasteiger partial charge in [0.25, 0.3) is 5.91 Å². The number of alkyl halides is 6. The average Bonchev–Trinajstić information content (AvgIpc) is 2.96. The molecule has 41 heavy (non-hydrogen) atoms. The number of pyridine rings is 1. The molecule has 2 aromatic rings. The molecule has 0 aliphatic carbocycles. The van der Waals surface area contributed by atoms with Crippen LogP contribution in [0.15, 0.2) is 41.4 Å². The summed E-state index contributed by atoms with van der Waals surface area (Å²) in [7, 11) is 0. The van der Waals surface area contributed by atoms with Crippen molar-refractivity contribution in [1.29, 1.82) is 0 Å². The summed E-state index contributed by atoms with van der Waals surface area (Å²) in [6.07, 6.45) is -10.2. The fourth-order valence-electron chi connectivity index (χ4n) is 3.91. The van der Waals surface area contributed by atoms with Crippen molar-refractivity contribution < 1.29 is 45.5 Å². The number of benzene rings is 1. The van der Waals surface area contributed by atoms with Crippen molar-refractivity contribution in [3.05, 3.63) is 53.3 Å². The van der Waals surface area contributed by atoms with Crippen LogP contribution >= 0.6 is 11.8 Å². The van der Waals surface area contributed by atoms with E-state index in [1.165, 1.54) is 34.9 Å². The third-order valence-corrected chi connectivity index (χ3v) is 6.96. The highest BCUT2D eigenvalue weighted by Crippen LogP contribution is 2.37. The number of anilines is 1. The Morgan fingerprint density at radius 2 is 1.78 bits per heavy atom. The molecule has 1 aromatic carbocycles. The second-order valence-electron chi connectivity index (χ2n) is 10.4. The minimum absolute atomic E-state index is 0.0198. The first-order valence-corrected chi connectivity index (χ1v) is 13.6. The largest absolute Gasteiger partial charge is 0.444 e. The van der Waals surface area contributed by atoms with Crippen LogP contribution in [0.5, 0.6) is 0 Å². The maximum atomic E-state index is 13.7. The van der Waals surface area contributed by atoms with Crippen LogP contribution in [-0.4, -0.2) is 46.3 Å². The van der Waals surface area contributed by atoms with E-state index in [1.807, 2.05) is 0 Å². The maximum Gasteiger partial charge on any atom is 0.433 e. The number of hydrogen-bond donors (Lipinski definition) is 1. The molecule has 7 nitrogen and oxygen atoms in total. The molecule has 0 saturated heterocycles. The molecular weight excluding hydrogens is 576 g/mol. The smallest absolute Gasteiger partial charge is 0.433 e. The molecule has 0 unspecified atom stereocenters. The first-order valence-electron chi connectivity index (χ1n) is 12.6. The second-order valence-corrected chi connectivity index (χ2v) is 11.5. The number of rotatable bonds is 8. The summed E-state index contributed by atoms with van der Waals surface area (Å²) in [6.45, 7) is 4.72. The summed E-state index contributed by atoms with van der Waals surface area (Å²) in [4.78, 5) is 44.1. The van der Waals surface area contributed by atoms with Crippen molar-refractivity contribution in [2.45, 2.75) is 81.9 Å². The zero-order valence-corrected chi connectivity index (χ0v) is 23.3. The van der Waals surface area contributed by atoms with Crippen LogP contribution in [0.2, 0.25) is 0 Å². The highest BCUT2D eigenvalue weighted by Gasteiger charge is 2.35. The van der Waals surface area contributed by atoms with E-state index < -0.39 is 53.9 Å². The standard InChI is InChI=1S/C27H29F6N3O4S/c1-25(2,3)40-24(39)35-18-15-41-21-9-8-17(20(37)6-4-5-11-26(28,29)30)12-19(21)36(23(18)38)14-16-7-10-22(34-13-16)27(31,32)33/h7-10,12-13,18H,4-6,11,14-15H2,1-3H3,(H,35,39)/t18-/m0/s1. The van der Waals surface area contributed by atoms with Crippen LogP contribution in [0.4, 0.5) is 36.8 Å². The Balaban J connectivity index is 1.90. The maximum absolute atomic E-state index is 13.7. The lowest BCUT2D eigenvalue weighted by Gasteiger charge is -2.27. The van der Waals surface area contributed by atoms with Crippen LogP contribution in [0.1, 0.15) is 68.1 Å². The van der Waals surface area contributed by atoms with Crippen LogP contribution in [0.25, 0.3) is 0 Å². The Morgan fingerprint density at radius 3 is 2.37 bits per heavy atom. The molecule has 0 fully saturated rings. The van der Waals surface area contributed by atoms with Gasteiger partial charge in [0.05, 0.1) is 12.2 Å². The summed E-state index contributed by atoms with van der Waals surface area (Å²) in [5, 5.41) is 2.53. The Bertz CT molecular complexity index is 1260. The number of unbranched alkanes of at least 4 members (excludes halogenated alkanes) is 1. The van der Waals surface area contributed by atoms with E-state index in [-0.39, 0.29) is 48.4 Å². The fraction of sp³-hybridized carbons (Fsp3) is 0.481. The summed E-state index contributed by atoms with van der Waals surface area (Å²) in [5.74, 6) is -0.926. The van der Waals surface area contributed by atoms with Crippen molar-refractivity contribution in [3.63, 3.8) is 0 Å². The number of ketones is 1. The molecule has 224 valence electrons. The van der Waals surface area contributed by atoms with E-state index in [1.54, 1.807) is 26.8 Å². The Morgan fingerprint density at radius 1 is 1.07 bits per heavy atom. The molecule has 0 spiro atoms. The Hall–Kier alpha value is -3.29. The lowest BCUT2D eigenvalue weighted by molar-refractivity contribution is -0.141. The van der Waals surface area contributed by atoms with Crippen LogP contribution in [0.3, 0.4) is 0 Å². The molecule has 1 aromatic heterocycles. The number of ether oxygens (including phenoxy) is 1. The molecule has 1 atom stereocenters. The zero-order valence-electron chi connectivity index (χ0n) is 22.5. The summed E-state index contributed by atoms with van der Waals surface area (Å²) < 4.78 is 81.6. The van der Waals surface area contributed by atoms with Crippen LogP contribution < -0.4 is 10.2 Å². The van der Waals surface area contributed by atoms with Crippen molar-refractivity contribution in [3.8, 4) is 0 Å². The number of hydrogen-bond acceptors (Lipinski definition) is 6. The van der Waals surface area contributed by atoms with Crippen LogP contribution in [-0.2, 0) is 22.3 Å². The van der Waals surface area contributed by atoms with E-state index in [0.29, 0.717) is 4.90 Å². The van der Waals surface area contributed by atoms with Crippen molar-refractivity contribution >= 4 is 35.2 Å². The molecule has 2 amide bonds. The molecule has 0 saturated carbocycles. The zero-order chi connectivity index (χ0) is 30.6. The third-order valence-electron chi connectivity index (χ3n) is 5.80. The first-order chi connectivity index (χ1) is 18.9. The molecule has 0 radical (unpaired) electrons. The van der Waals surface area contributed by atoms with E-state index in [2.05, 4.69) is 10.3 Å². The van der Waals surface area contributed by atoms with E-state index in [0.717, 1.165) is 12.3 Å². The van der Waals surface area contributed by atoms with Crippen molar-refractivity contribution in [2.75, 3.05) is 10.7 Å². The van der Waals surface area contributed by atoms with Gasteiger partial charge < -0.3 is 15.0 Å². The van der Waals surface area contributed by atoms with Gasteiger partial charge in [-0.05, 0) is 57.4 Å². The van der Waals surface area contributed by atoms with Gasteiger partial charge in [-0.3, -0.25) is 14.6 Å². The topological polar surface area (TPSA) is 88.6 Å². The number of amides is 2. The minimum atomic E-state index is -4.65. The van der Waals surface area contributed by atoms with Crippen molar-refractivity contribution in [1.82, 2.24) is 10.3 Å². The first kappa shape index (κ1) is 32.2. The van der Waals surface area contributed by atoms with Gasteiger partial charge in [0.1, 0.15) is 17.3 Å². The van der Waals surface area contributed by atoms with Gasteiger partial charge in [0.2, 0.25) is 0 Å². The Labute approximate surface area is 237 Å². The summed E-state index contributed by atoms with van der Waals surface area (Å²) >= 11 is 1.21. The number of Topliss-reactive ketones (excluding diaryl/α,β-unsaturated/α-hetero) is 1. The van der Waals surface area contributed by atoms with Gasteiger partial charge in [0, 0.05) is 35.3 Å². The highest BCUT2D eigenvalue weighted by molar-refractivity contribution is 7.99. The molecule has 1 aliphatic heterocycles. The average molecular weight is 606 g/mol. The predicted octanol–water partition coefficient (Wildman–Crippen LogP) is 6.94. The third kappa shape index (κ3) is 9.65. The fourth-order valence-corrected chi connectivity index (χ4v) is 4.97. The minimum Gasteiger partial charge on any atom is -0.444 e. The van der Waals surface area contributed by atoms with Gasteiger partial charge in [-0.25, -0.2) is 4.79 Å². The molecular formula is C27H29F6N3O4S. The van der Waals surface area contributed by atoms with Gasteiger partial charge in [0.15, 0.2) is 5.78 Å².